The molecule has 2 nitrogen and oxygen atoms in total. The minimum atomic E-state index is -0.831. The SMILES string of the molecule is Cc1c(CN)c2cc(F)c(F)cc2n1C. The lowest BCUT2D eigenvalue weighted by molar-refractivity contribution is 0.510. The number of aromatic nitrogens is 1. The molecule has 2 N–H and O–H groups in total. The zero-order valence-corrected chi connectivity index (χ0v) is 8.64. The number of hydrogen-bond acceptors (Lipinski definition) is 1. The third-order valence-electron chi connectivity index (χ3n) is 2.87. The summed E-state index contributed by atoms with van der Waals surface area (Å²) in [6.45, 7) is 2.21. The summed E-state index contributed by atoms with van der Waals surface area (Å²) in [6, 6.07) is 2.41. The van der Waals surface area contributed by atoms with E-state index in [0.717, 1.165) is 11.3 Å². The number of rotatable bonds is 1. The average molecular weight is 210 g/mol. The molecule has 0 radical (unpaired) electrons. The van der Waals surface area contributed by atoms with Gasteiger partial charge in [-0.05, 0) is 18.6 Å². The summed E-state index contributed by atoms with van der Waals surface area (Å²) < 4.78 is 28.0. The Labute approximate surface area is 86.3 Å². The average Bonchev–Trinajstić information content (AvgIpc) is 2.42. The Morgan fingerprint density at radius 2 is 1.87 bits per heavy atom. The Balaban J connectivity index is 2.91. The van der Waals surface area contributed by atoms with Gasteiger partial charge in [-0.25, -0.2) is 8.78 Å². The predicted molar refractivity (Wildman–Crippen MR) is 55.5 cm³/mol. The first-order valence-corrected chi connectivity index (χ1v) is 4.69. The van der Waals surface area contributed by atoms with Gasteiger partial charge in [0.2, 0.25) is 0 Å². The van der Waals surface area contributed by atoms with Gasteiger partial charge in [0, 0.05) is 30.7 Å². The van der Waals surface area contributed by atoms with Crippen molar-refractivity contribution in [3.05, 3.63) is 35.0 Å². The van der Waals surface area contributed by atoms with Crippen LogP contribution < -0.4 is 5.73 Å². The van der Waals surface area contributed by atoms with Gasteiger partial charge < -0.3 is 10.3 Å². The summed E-state index contributed by atoms with van der Waals surface area (Å²) in [4.78, 5) is 0. The Kier molecular flexibility index (Phi) is 2.23. The molecule has 0 saturated carbocycles. The van der Waals surface area contributed by atoms with E-state index in [2.05, 4.69) is 0 Å². The third kappa shape index (κ3) is 1.33. The van der Waals surface area contributed by atoms with Crippen molar-refractivity contribution in [2.24, 2.45) is 12.8 Å². The van der Waals surface area contributed by atoms with E-state index in [1.807, 2.05) is 18.5 Å². The molecular formula is C11H12F2N2. The van der Waals surface area contributed by atoms with Crippen molar-refractivity contribution in [2.45, 2.75) is 13.5 Å². The Hall–Kier alpha value is -1.42. The summed E-state index contributed by atoms with van der Waals surface area (Å²) in [5, 5.41) is 0.691. The van der Waals surface area contributed by atoms with Crippen molar-refractivity contribution in [1.29, 1.82) is 0 Å². The molecule has 0 atom stereocenters. The fourth-order valence-corrected chi connectivity index (χ4v) is 1.89. The van der Waals surface area contributed by atoms with Crippen LogP contribution in [0.1, 0.15) is 11.3 Å². The molecule has 0 unspecified atom stereocenters. The number of nitrogens with two attached hydrogens (primary N) is 1. The van der Waals surface area contributed by atoms with Crippen molar-refractivity contribution < 1.29 is 8.78 Å². The second-order valence-corrected chi connectivity index (χ2v) is 3.61. The second-order valence-electron chi connectivity index (χ2n) is 3.61. The predicted octanol–water partition coefficient (Wildman–Crippen LogP) is 2.22. The standard InChI is InChI=1S/C11H12F2N2/c1-6-8(5-14)7-3-9(12)10(13)4-11(7)15(6)2/h3-4H,5,14H2,1-2H3. The van der Waals surface area contributed by atoms with Gasteiger partial charge in [-0.3, -0.25) is 0 Å². The van der Waals surface area contributed by atoms with E-state index in [-0.39, 0.29) is 0 Å². The van der Waals surface area contributed by atoms with E-state index in [1.165, 1.54) is 12.1 Å². The van der Waals surface area contributed by atoms with Crippen molar-refractivity contribution in [2.75, 3.05) is 0 Å². The fourth-order valence-electron chi connectivity index (χ4n) is 1.89. The van der Waals surface area contributed by atoms with E-state index >= 15 is 0 Å². The third-order valence-corrected chi connectivity index (χ3v) is 2.87. The molecule has 0 spiro atoms. The lowest BCUT2D eigenvalue weighted by Gasteiger charge is -1.98. The van der Waals surface area contributed by atoms with Crippen LogP contribution in [-0.2, 0) is 13.6 Å². The summed E-state index contributed by atoms with van der Waals surface area (Å²) in [6.07, 6.45) is 0. The molecule has 0 aliphatic carbocycles. The Bertz CT molecular complexity index is 529. The highest BCUT2D eigenvalue weighted by molar-refractivity contribution is 5.85. The first kappa shape index (κ1) is 10.1. The van der Waals surface area contributed by atoms with Gasteiger partial charge in [0.1, 0.15) is 0 Å². The summed E-state index contributed by atoms with van der Waals surface area (Å²) in [5.74, 6) is -1.66. The zero-order valence-electron chi connectivity index (χ0n) is 8.64. The van der Waals surface area contributed by atoms with Crippen LogP contribution >= 0.6 is 0 Å². The van der Waals surface area contributed by atoms with E-state index in [4.69, 9.17) is 5.73 Å². The first-order chi connectivity index (χ1) is 7.06. The first-order valence-electron chi connectivity index (χ1n) is 4.69. The normalized spacial score (nSPS) is 11.3. The van der Waals surface area contributed by atoms with Crippen LogP contribution in [0.25, 0.3) is 10.9 Å². The molecule has 15 heavy (non-hydrogen) atoms. The minimum Gasteiger partial charge on any atom is -0.348 e. The molecule has 80 valence electrons. The van der Waals surface area contributed by atoms with Gasteiger partial charge in [0.05, 0.1) is 5.52 Å². The number of fused-ring (bicyclic) bond motifs is 1. The maximum atomic E-state index is 13.1. The maximum Gasteiger partial charge on any atom is 0.160 e. The van der Waals surface area contributed by atoms with Gasteiger partial charge in [-0.1, -0.05) is 0 Å². The molecule has 1 aromatic carbocycles. The molecular weight excluding hydrogens is 198 g/mol. The second kappa shape index (κ2) is 3.31. The Morgan fingerprint density at radius 1 is 1.27 bits per heavy atom. The van der Waals surface area contributed by atoms with Crippen LogP contribution in [0.2, 0.25) is 0 Å². The summed E-state index contributed by atoms with van der Waals surface area (Å²) in [5.41, 5.74) is 8.07. The molecule has 1 heterocycles. The van der Waals surface area contributed by atoms with Crippen LogP contribution in [0, 0.1) is 18.6 Å². The lowest BCUT2D eigenvalue weighted by atomic mass is 10.1. The number of aryl methyl sites for hydroxylation is 1. The van der Waals surface area contributed by atoms with E-state index in [9.17, 15) is 8.78 Å². The molecule has 0 saturated heterocycles. The molecule has 4 heteroatoms. The largest absolute Gasteiger partial charge is 0.348 e. The monoisotopic (exact) mass is 210 g/mol. The topological polar surface area (TPSA) is 30.9 Å². The molecule has 2 rings (SSSR count). The number of halogens is 2. The van der Waals surface area contributed by atoms with E-state index in [0.29, 0.717) is 17.4 Å². The van der Waals surface area contributed by atoms with Crippen molar-refractivity contribution >= 4 is 10.9 Å². The van der Waals surface area contributed by atoms with E-state index in [1.54, 1.807) is 0 Å². The smallest absolute Gasteiger partial charge is 0.160 e. The summed E-state index contributed by atoms with van der Waals surface area (Å²) >= 11 is 0. The molecule has 0 aliphatic rings. The lowest BCUT2D eigenvalue weighted by Crippen LogP contribution is -1.99. The van der Waals surface area contributed by atoms with Gasteiger partial charge in [-0.2, -0.15) is 0 Å². The van der Waals surface area contributed by atoms with Crippen LogP contribution in [0.3, 0.4) is 0 Å². The van der Waals surface area contributed by atoms with Crippen molar-refractivity contribution in [3.8, 4) is 0 Å². The van der Waals surface area contributed by atoms with Gasteiger partial charge in [0.25, 0.3) is 0 Å². The van der Waals surface area contributed by atoms with Crippen LogP contribution in [0.4, 0.5) is 8.78 Å². The molecule has 0 fully saturated rings. The van der Waals surface area contributed by atoms with Crippen molar-refractivity contribution in [3.63, 3.8) is 0 Å². The van der Waals surface area contributed by atoms with Gasteiger partial charge >= 0.3 is 0 Å². The minimum absolute atomic E-state index is 0.328. The van der Waals surface area contributed by atoms with Crippen LogP contribution in [0.5, 0.6) is 0 Å². The molecule has 0 bridgehead atoms. The molecule has 1 aromatic heterocycles. The zero-order chi connectivity index (χ0) is 11.2. The van der Waals surface area contributed by atoms with E-state index < -0.39 is 11.6 Å². The molecule has 0 aliphatic heterocycles. The van der Waals surface area contributed by atoms with Gasteiger partial charge in [0.15, 0.2) is 11.6 Å². The maximum absolute atomic E-state index is 13.1. The molecule has 2 aromatic rings. The van der Waals surface area contributed by atoms with Crippen LogP contribution in [0.15, 0.2) is 12.1 Å². The number of nitrogens with zero attached hydrogens (tertiary/aromatic N) is 1. The highest BCUT2D eigenvalue weighted by Gasteiger charge is 2.13. The summed E-state index contributed by atoms with van der Waals surface area (Å²) in [7, 11) is 1.81. The Morgan fingerprint density at radius 3 is 2.47 bits per heavy atom. The highest BCUT2D eigenvalue weighted by atomic mass is 19.2. The number of benzene rings is 1. The highest BCUT2D eigenvalue weighted by Crippen LogP contribution is 2.26. The van der Waals surface area contributed by atoms with Crippen LogP contribution in [-0.4, -0.2) is 4.57 Å². The quantitative estimate of drug-likeness (QED) is 0.768. The number of hydrogen-bond donors (Lipinski definition) is 1. The van der Waals surface area contributed by atoms with Crippen molar-refractivity contribution in [1.82, 2.24) is 4.57 Å². The van der Waals surface area contributed by atoms with Gasteiger partial charge in [-0.15, -0.1) is 0 Å². The molecule has 0 amide bonds. The fraction of sp³-hybridized carbons (Fsp3) is 0.273.